The molecule has 4 rings (SSSR count). The Morgan fingerprint density at radius 2 is 1.68 bits per heavy atom. The van der Waals surface area contributed by atoms with Crippen LogP contribution in [0.15, 0.2) is 36.4 Å². The Hall–Kier alpha value is -3.48. The fraction of sp³-hybridized carbons (Fsp3) is 0.333. The number of hydrazine groups is 1. The van der Waals surface area contributed by atoms with E-state index in [1.807, 2.05) is 19.1 Å². The Morgan fingerprint density at radius 1 is 0.968 bits per heavy atom. The number of benzene rings is 2. The maximum atomic E-state index is 12.6. The number of aromatic nitrogens is 1. The minimum atomic E-state index is -0.436. The van der Waals surface area contributed by atoms with E-state index in [2.05, 4.69) is 15.8 Å². The van der Waals surface area contributed by atoms with Crippen molar-refractivity contribution in [3.8, 4) is 11.5 Å². The molecule has 0 atom stereocenters. The molecule has 7 heteroatoms. The third-order valence-electron chi connectivity index (χ3n) is 5.54. The molecule has 0 fully saturated rings. The molecule has 2 aromatic carbocycles. The van der Waals surface area contributed by atoms with Gasteiger partial charge in [0.05, 0.1) is 13.7 Å². The van der Waals surface area contributed by atoms with Crippen molar-refractivity contribution in [2.24, 2.45) is 0 Å². The number of nitrogens with one attached hydrogen (secondary N) is 3. The molecule has 162 valence electrons. The zero-order valence-corrected chi connectivity index (χ0v) is 17.8. The first-order valence-electron chi connectivity index (χ1n) is 10.7. The highest BCUT2D eigenvalue weighted by atomic mass is 16.5. The van der Waals surface area contributed by atoms with Crippen LogP contribution < -0.4 is 20.3 Å². The predicted octanol–water partition coefficient (Wildman–Crippen LogP) is 3.92. The number of amides is 2. The van der Waals surface area contributed by atoms with Crippen LogP contribution >= 0.6 is 0 Å². The largest absolute Gasteiger partial charge is 0.493 e. The molecule has 7 nitrogen and oxygen atoms in total. The highest BCUT2D eigenvalue weighted by Gasteiger charge is 2.17. The molecule has 2 amide bonds. The number of carbonyl (C=O) groups excluding carboxylic acids is 2. The summed E-state index contributed by atoms with van der Waals surface area (Å²) in [5, 5.41) is 1.08. The molecule has 1 heterocycles. The number of aryl methyl sites for hydroxylation is 2. The van der Waals surface area contributed by atoms with Gasteiger partial charge in [0.25, 0.3) is 11.8 Å². The van der Waals surface area contributed by atoms with Crippen molar-refractivity contribution in [3.05, 3.63) is 58.8 Å². The number of aromatic amines is 1. The van der Waals surface area contributed by atoms with E-state index in [-0.39, 0.29) is 5.91 Å². The number of rotatable bonds is 6. The van der Waals surface area contributed by atoms with Crippen molar-refractivity contribution >= 4 is 22.7 Å². The first-order valence-corrected chi connectivity index (χ1v) is 10.7. The van der Waals surface area contributed by atoms with Gasteiger partial charge < -0.3 is 14.5 Å². The van der Waals surface area contributed by atoms with E-state index in [1.165, 1.54) is 24.8 Å². The highest BCUT2D eigenvalue weighted by molar-refractivity contribution is 6.01. The van der Waals surface area contributed by atoms with Gasteiger partial charge in [0.2, 0.25) is 0 Å². The number of ether oxygens (including phenoxy) is 2. The molecule has 0 radical (unpaired) electrons. The summed E-state index contributed by atoms with van der Waals surface area (Å²) < 4.78 is 10.9. The van der Waals surface area contributed by atoms with Crippen molar-refractivity contribution in [2.45, 2.75) is 39.0 Å². The molecule has 3 aromatic rings. The predicted molar refractivity (Wildman–Crippen MR) is 119 cm³/mol. The van der Waals surface area contributed by atoms with E-state index < -0.39 is 5.91 Å². The average molecular weight is 421 g/mol. The van der Waals surface area contributed by atoms with Crippen molar-refractivity contribution in [2.75, 3.05) is 13.7 Å². The summed E-state index contributed by atoms with van der Waals surface area (Å²) in [4.78, 5) is 28.6. The van der Waals surface area contributed by atoms with Gasteiger partial charge in [-0.3, -0.25) is 20.4 Å². The second kappa shape index (κ2) is 9.12. The van der Waals surface area contributed by atoms with E-state index in [9.17, 15) is 9.59 Å². The van der Waals surface area contributed by atoms with Gasteiger partial charge in [-0.25, -0.2) is 0 Å². The normalized spacial score (nSPS) is 12.8. The van der Waals surface area contributed by atoms with E-state index in [1.54, 1.807) is 24.3 Å². The van der Waals surface area contributed by atoms with Gasteiger partial charge in [0.1, 0.15) is 0 Å². The molecule has 0 bridgehead atoms. The van der Waals surface area contributed by atoms with Gasteiger partial charge in [-0.05, 0) is 74.1 Å². The molecule has 0 saturated heterocycles. The van der Waals surface area contributed by atoms with Crippen LogP contribution in [0, 0.1) is 0 Å². The molecule has 31 heavy (non-hydrogen) atoms. The molecule has 1 aliphatic carbocycles. The summed E-state index contributed by atoms with van der Waals surface area (Å²) in [6.45, 7) is 2.58. The lowest BCUT2D eigenvalue weighted by Crippen LogP contribution is -2.41. The Morgan fingerprint density at radius 3 is 2.42 bits per heavy atom. The summed E-state index contributed by atoms with van der Waals surface area (Å²) >= 11 is 0. The second-order valence-electron chi connectivity index (χ2n) is 7.67. The Labute approximate surface area is 181 Å². The van der Waals surface area contributed by atoms with Crippen LogP contribution in [0.5, 0.6) is 11.5 Å². The number of carbonyl (C=O) groups is 2. The molecular weight excluding hydrogens is 394 g/mol. The van der Waals surface area contributed by atoms with Crippen LogP contribution in [0.1, 0.15) is 58.2 Å². The van der Waals surface area contributed by atoms with E-state index in [0.717, 1.165) is 36.6 Å². The third-order valence-corrected chi connectivity index (χ3v) is 5.54. The van der Waals surface area contributed by atoms with Crippen molar-refractivity contribution in [3.63, 3.8) is 0 Å². The van der Waals surface area contributed by atoms with Gasteiger partial charge >= 0.3 is 0 Å². The average Bonchev–Trinajstić information content (AvgIpc) is 3.18. The summed E-state index contributed by atoms with van der Waals surface area (Å²) in [6.07, 6.45) is 5.30. The first kappa shape index (κ1) is 20.8. The maximum absolute atomic E-state index is 12.6. The molecule has 3 N–H and O–H groups in total. The number of fused-ring (bicyclic) bond motifs is 3. The molecule has 1 aromatic heterocycles. The zero-order chi connectivity index (χ0) is 21.8. The molecule has 0 aliphatic heterocycles. The van der Waals surface area contributed by atoms with E-state index in [0.29, 0.717) is 29.2 Å². The SMILES string of the molecule is CCCOc1ccc(C(=O)NNC(=O)c2ccc3[nH]c4c(c3c2)CCCC4)cc1OC. The first-order chi connectivity index (χ1) is 15.1. The Kier molecular flexibility index (Phi) is 6.11. The van der Waals surface area contributed by atoms with Crippen LogP contribution in [-0.4, -0.2) is 30.5 Å². The van der Waals surface area contributed by atoms with Crippen LogP contribution in [0.25, 0.3) is 10.9 Å². The quantitative estimate of drug-likeness (QED) is 0.526. The lowest BCUT2D eigenvalue weighted by Gasteiger charge is -2.12. The molecule has 0 saturated carbocycles. The summed E-state index contributed by atoms with van der Waals surface area (Å²) in [6, 6.07) is 10.5. The third kappa shape index (κ3) is 4.35. The van der Waals surface area contributed by atoms with Gasteiger partial charge in [-0.15, -0.1) is 0 Å². The molecule has 1 aliphatic rings. The van der Waals surface area contributed by atoms with Gasteiger partial charge in [-0.2, -0.15) is 0 Å². The number of hydrogen-bond acceptors (Lipinski definition) is 4. The smallest absolute Gasteiger partial charge is 0.269 e. The highest BCUT2D eigenvalue weighted by Crippen LogP contribution is 2.30. The Bertz CT molecular complexity index is 1120. The molecule has 0 spiro atoms. The maximum Gasteiger partial charge on any atom is 0.269 e. The van der Waals surface area contributed by atoms with Crippen LogP contribution in [-0.2, 0) is 12.8 Å². The number of hydrogen-bond donors (Lipinski definition) is 3. The van der Waals surface area contributed by atoms with Crippen molar-refractivity contribution < 1.29 is 19.1 Å². The van der Waals surface area contributed by atoms with Crippen molar-refractivity contribution in [1.29, 1.82) is 0 Å². The second-order valence-corrected chi connectivity index (χ2v) is 7.67. The summed E-state index contributed by atoms with van der Waals surface area (Å²) in [5.74, 6) is 0.243. The Balaban J connectivity index is 1.44. The minimum absolute atomic E-state index is 0.358. The number of H-pyrrole nitrogens is 1. The van der Waals surface area contributed by atoms with E-state index >= 15 is 0 Å². The fourth-order valence-corrected chi connectivity index (χ4v) is 3.95. The zero-order valence-electron chi connectivity index (χ0n) is 17.8. The summed E-state index contributed by atoms with van der Waals surface area (Å²) in [5.41, 5.74) is 9.45. The fourth-order valence-electron chi connectivity index (χ4n) is 3.95. The standard InChI is InChI=1S/C24H27N3O4/c1-3-12-31-21-11-9-16(14-22(21)30-2)24(29)27-26-23(28)15-8-10-20-18(13-15)17-6-4-5-7-19(17)25-20/h8-11,13-14,25H,3-7,12H2,1-2H3,(H,26,28)(H,27,29). The minimum Gasteiger partial charge on any atom is -0.493 e. The van der Waals surface area contributed by atoms with Crippen LogP contribution in [0.2, 0.25) is 0 Å². The topological polar surface area (TPSA) is 92.5 Å². The van der Waals surface area contributed by atoms with Gasteiger partial charge in [0, 0.05) is 27.7 Å². The van der Waals surface area contributed by atoms with Crippen LogP contribution in [0.4, 0.5) is 0 Å². The number of methoxy groups -OCH3 is 1. The van der Waals surface area contributed by atoms with Crippen LogP contribution in [0.3, 0.4) is 0 Å². The van der Waals surface area contributed by atoms with Gasteiger partial charge in [0.15, 0.2) is 11.5 Å². The molecule has 0 unspecified atom stereocenters. The summed E-state index contributed by atoms with van der Waals surface area (Å²) in [7, 11) is 1.52. The molecular formula is C24H27N3O4. The lowest BCUT2D eigenvalue weighted by molar-refractivity contribution is 0.0846. The van der Waals surface area contributed by atoms with Gasteiger partial charge in [-0.1, -0.05) is 6.92 Å². The van der Waals surface area contributed by atoms with E-state index in [4.69, 9.17) is 9.47 Å². The monoisotopic (exact) mass is 421 g/mol. The lowest BCUT2D eigenvalue weighted by atomic mass is 9.95. The van der Waals surface area contributed by atoms with Crippen molar-refractivity contribution in [1.82, 2.24) is 15.8 Å².